The number of benzene rings is 1. The molecule has 0 aromatic heterocycles. The summed E-state index contributed by atoms with van der Waals surface area (Å²) in [6.07, 6.45) is 3.02. The maximum absolute atomic E-state index is 11.6. The van der Waals surface area contributed by atoms with Crippen LogP contribution in [0.1, 0.15) is 25.3 Å². The van der Waals surface area contributed by atoms with Crippen LogP contribution in [0, 0.1) is 5.92 Å². The number of guanidine groups is 1. The van der Waals surface area contributed by atoms with Crippen LogP contribution in [0.5, 0.6) is 5.75 Å². The van der Waals surface area contributed by atoms with Crippen LogP contribution in [0.2, 0.25) is 0 Å². The predicted octanol–water partition coefficient (Wildman–Crippen LogP) is 2.04. The summed E-state index contributed by atoms with van der Waals surface area (Å²) in [6.45, 7) is 5.38. The fraction of sp³-hybridized carbons (Fsp3) is 0.611. The SMILES string of the molecule is CCNC(=NCc1cccc(OC)c1)NCC1CCN(S(C)(=O)=O)CC1.I. The summed E-state index contributed by atoms with van der Waals surface area (Å²) in [5.74, 6) is 2.06. The number of piperidine rings is 1. The van der Waals surface area contributed by atoms with Gasteiger partial charge >= 0.3 is 0 Å². The molecule has 0 amide bonds. The topological polar surface area (TPSA) is 83.0 Å². The van der Waals surface area contributed by atoms with E-state index in [0.717, 1.165) is 43.2 Å². The smallest absolute Gasteiger partial charge is 0.211 e. The zero-order chi connectivity index (χ0) is 19.0. The van der Waals surface area contributed by atoms with E-state index in [4.69, 9.17) is 4.74 Å². The molecule has 7 nitrogen and oxygen atoms in total. The Kier molecular flexibility index (Phi) is 10.4. The van der Waals surface area contributed by atoms with Crippen molar-refractivity contribution < 1.29 is 13.2 Å². The van der Waals surface area contributed by atoms with Crippen LogP contribution in [0.15, 0.2) is 29.3 Å². The summed E-state index contributed by atoms with van der Waals surface area (Å²) in [5.41, 5.74) is 1.09. The Bertz CT molecular complexity index is 704. The highest BCUT2D eigenvalue weighted by atomic mass is 127. The van der Waals surface area contributed by atoms with E-state index < -0.39 is 10.0 Å². The highest BCUT2D eigenvalue weighted by Gasteiger charge is 2.24. The van der Waals surface area contributed by atoms with Gasteiger partial charge in [-0.3, -0.25) is 0 Å². The molecule has 1 aromatic carbocycles. The van der Waals surface area contributed by atoms with Crippen molar-refractivity contribution in [3.63, 3.8) is 0 Å². The van der Waals surface area contributed by atoms with Crippen molar-refractivity contribution in [3.8, 4) is 5.75 Å². The lowest BCUT2D eigenvalue weighted by Gasteiger charge is -2.30. The first-order chi connectivity index (χ1) is 12.4. The van der Waals surface area contributed by atoms with Crippen LogP contribution in [0.3, 0.4) is 0 Å². The maximum atomic E-state index is 11.6. The van der Waals surface area contributed by atoms with E-state index >= 15 is 0 Å². The molecule has 1 aliphatic rings. The van der Waals surface area contributed by atoms with E-state index in [9.17, 15) is 8.42 Å². The molecule has 0 spiro atoms. The van der Waals surface area contributed by atoms with Gasteiger partial charge in [-0.15, -0.1) is 24.0 Å². The van der Waals surface area contributed by atoms with Gasteiger partial charge in [-0.05, 0) is 43.4 Å². The number of ether oxygens (including phenoxy) is 1. The van der Waals surface area contributed by atoms with Gasteiger partial charge in [-0.1, -0.05) is 12.1 Å². The molecule has 2 rings (SSSR count). The molecule has 2 N–H and O–H groups in total. The van der Waals surface area contributed by atoms with Crippen molar-refractivity contribution in [1.82, 2.24) is 14.9 Å². The molecule has 1 aliphatic heterocycles. The van der Waals surface area contributed by atoms with Gasteiger partial charge in [0.2, 0.25) is 10.0 Å². The minimum atomic E-state index is -3.07. The number of nitrogens with zero attached hydrogens (tertiary/aromatic N) is 2. The summed E-state index contributed by atoms with van der Waals surface area (Å²) in [4.78, 5) is 4.63. The minimum Gasteiger partial charge on any atom is -0.497 e. The average Bonchev–Trinajstić information content (AvgIpc) is 2.64. The molecule has 1 aromatic rings. The predicted molar refractivity (Wildman–Crippen MR) is 120 cm³/mol. The van der Waals surface area contributed by atoms with Crippen LogP contribution in [-0.2, 0) is 16.6 Å². The number of hydrogen-bond donors (Lipinski definition) is 2. The van der Waals surface area contributed by atoms with E-state index in [1.807, 2.05) is 31.2 Å². The monoisotopic (exact) mass is 510 g/mol. The van der Waals surface area contributed by atoms with E-state index in [0.29, 0.717) is 25.6 Å². The largest absolute Gasteiger partial charge is 0.497 e. The van der Waals surface area contributed by atoms with Crippen molar-refractivity contribution in [2.24, 2.45) is 10.9 Å². The van der Waals surface area contributed by atoms with Crippen LogP contribution >= 0.6 is 24.0 Å². The third-order valence-electron chi connectivity index (χ3n) is 4.50. The van der Waals surface area contributed by atoms with Crippen LogP contribution in [-0.4, -0.2) is 58.2 Å². The molecule has 1 heterocycles. The van der Waals surface area contributed by atoms with Gasteiger partial charge in [-0.2, -0.15) is 0 Å². The Hall–Kier alpha value is -1.07. The van der Waals surface area contributed by atoms with Crippen LogP contribution in [0.25, 0.3) is 0 Å². The Balaban J connectivity index is 0.00000364. The summed E-state index contributed by atoms with van der Waals surface area (Å²) < 4.78 is 30.0. The molecule has 0 saturated carbocycles. The minimum absolute atomic E-state index is 0. The third-order valence-corrected chi connectivity index (χ3v) is 5.80. The molecule has 0 unspecified atom stereocenters. The van der Waals surface area contributed by atoms with Gasteiger partial charge in [-0.25, -0.2) is 17.7 Å². The van der Waals surface area contributed by atoms with Gasteiger partial charge in [0.1, 0.15) is 5.75 Å². The Morgan fingerprint density at radius 3 is 2.59 bits per heavy atom. The standard InChI is InChI=1S/C18H30N4O3S.HI/c1-4-19-18(21-14-16-6-5-7-17(12-16)25-2)20-13-15-8-10-22(11-9-15)26(3,23)24;/h5-7,12,15H,4,8-11,13-14H2,1-3H3,(H2,19,20,21);1H. The zero-order valence-corrected chi connectivity index (χ0v) is 19.4. The number of rotatable bonds is 7. The number of nitrogens with one attached hydrogen (secondary N) is 2. The average molecular weight is 510 g/mol. The quantitative estimate of drug-likeness (QED) is 0.334. The molecule has 0 radical (unpaired) electrons. The van der Waals surface area contributed by atoms with E-state index in [-0.39, 0.29) is 24.0 Å². The first kappa shape index (κ1) is 24.0. The Morgan fingerprint density at radius 1 is 1.30 bits per heavy atom. The number of halogens is 1. The lowest BCUT2D eigenvalue weighted by molar-refractivity contribution is 0.275. The highest BCUT2D eigenvalue weighted by Crippen LogP contribution is 2.18. The normalized spacial score (nSPS) is 16.5. The molecular formula is C18H31IN4O3S. The molecule has 0 bridgehead atoms. The number of sulfonamides is 1. The highest BCUT2D eigenvalue weighted by molar-refractivity contribution is 14.0. The maximum Gasteiger partial charge on any atom is 0.211 e. The number of aliphatic imine (C=N–C) groups is 1. The molecular weight excluding hydrogens is 479 g/mol. The van der Waals surface area contributed by atoms with Crippen molar-refractivity contribution >= 4 is 40.0 Å². The van der Waals surface area contributed by atoms with Gasteiger partial charge in [0, 0.05) is 26.2 Å². The molecule has 154 valence electrons. The van der Waals surface area contributed by atoms with E-state index in [1.54, 1.807) is 11.4 Å². The zero-order valence-electron chi connectivity index (χ0n) is 16.3. The second-order valence-electron chi connectivity index (χ2n) is 6.53. The Labute approximate surface area is 180 Å². The molecule has 1 fully saturated rings. The third kappa shape index (κ3) is 8.22. The van der Waals surface area contributed by atoms with Gasteiger partial charge in [0.05, 0.1) is 19.9 Å². The van der Waals surface area contributed by atoms with Crippen molar-refractivity contribution in [2.45, 2.75) is 26.3 Å². The molecule has 27 heavy (non-hydrogen) atoms. The number of methoxy groups -OCH3 is 1. The van der Waals surface area contributed by atoms with Gasteiger partial charge < -0.3 is 15.4 Å². The van der Waals surface area contributed by atoms with E-state index in [2.05, 4.69) is 15.6 Å². The fourth-order valence-electron chi connectivity index (χ4n) is 2.97. The molecule has 0 aliphatic carbocycles. The van der Waals surface area contributed by atoms with Gasteiger partial charge in [0.15, 0.2) is 5.96 Å². The Morgan fingerprint density at radius 2 is 2.00 bits per heavy atom. The summed E-state index contributed by atoms with van der Waals surface area (Å²) in [5, 5.41) is 6.64. The first-order valence-electron chi connectivity index (χ1n) is 9.02. The summed E-state index contributed by atoms with van der Waals surface area (Å²) >= 11 is 0. The molecule has 0 atom stereocenters. The van der Waals surface area contributed by atoms with Gasteiger partial charge in [0.25, 0.3) is 0 Å². The second-order valence-corrected chi connectivity index (χ2v) is 8.52. The number of hydrogen-bond acceptors (Lipinski definition) is 4. The molecule has 9 heteroatoms. The van der Waals surface area contributed by atoms with Crippen LogP contribution in [0.4, 0.5) is 0 Å². The molecule has 1 saturated heterocycles. The van der Waals surface area contributed by atoms with E-state index in [1.165, 1.54) is 6.26 Å². The van der Waals surface area contributed by atoms with Crippen molar-refractivity contribution in [3.05, 3.63) is 29.8 Å². The van der Waals surface area contributed by atoms with Crippen molar-refractivity contribution in [1.29, 1.82) is 0 Å². The fourth-order valence-corrected chi connectivity index (χ4v) is 3.84. The summed E-state index contributed by atoms with van der Waals surface area (Å²) in [7, 11) is -1.41. The second kappa shape index (κ2) is 11.7. The van der Waals surface area contributed by atoms with Crippen LogP contribution < -0.4 is 15.4 Å². The van der Waals surface area contributed by atoms with Crippen molar-refractivity contribution in [2.75, 3.05) is 39.5 Å². The first-order valence-corrected chi connectivity index (χ1v) is 10.9. The lowest BCUT2D eigenvalue weighted by Crippen LogP contribution is -2.44. The lowest BCUT2D eigenvalue weighted by atomic mass is 9.98. The summed E-state index contributed by atoms with van der Waals surface area (Å²) in [6, 6.07) is 7.88.